The van der Waals surface area contributed by atoms with Gasteiger partial charge in [-0.15, -0.1) is 0 Å². The summed E-state index contributed by atoms with van der Waals surface area (Å²) in [5.41, 5.74) is -0.254. The van der Waals surface area contributed by atoms with Crippen molar-refractivity contribution in [2.24, 2.45) is 11.3 Å². The van der Waals surface area contributed by atoms with Crippen molar-refractivity contribution >= 4 is 11.6 Å². The smallest absolute Gasteiger partial charge is 0.141 e. The van der Waals surface area contributed by atoms with Gasteiger partial charge in [-0.2, -0.15) is 5.26 Å². The van der Waals surface area contributed by atoms with Crippen LogP contribution in [0.3, 0.4) is 0 Å². The van der Waals surface area contributed by atoms with E-state index in [1.54, 1.807) is 0 Å². The molecule has 1 N–H and O–H groups in total. The molecule has 2 rings (SSSR count). The number of aliphatic hydroxyl groups is 1. The highest BCUT2D eigenvalue weighted by molar-refractivity contribution is 6.30. The molecule has 0 aromatic heterocycles. The van der Waals surface area contributed by atoms with Crippen molar-refractivity contribution in [2.75, 3.05) is 0 Å². The number of hydrogen-bond acceptors (Lipinski definition) is 2. The van der Waals surface area contributed by atoms with Gasteiger partial charge in [0.15, 0.2) is 0 Å². The van der Waals surface area contributed by atoms with Gasteiger partial charge < -0.3 is 5.11 Å². The highest BCUT2D eigenvalue weighted by Crippen LogP contribution is 2.47. The molecule has 0 bridgehead atoms. The average molecular weight is 282 g/mol. The standard InChI is InChI=1S/C15H17ClFNO/c1-10-4-6-15(9-18,7-5-10)14(19)11-2-3-13(17)12(16)8-11/h2-3,8,10,14,19H,4-7H2,1H3. The van der Waals surface area contributed by atoms with Crippen LogP contribution in [0, 0.1) is 28.5 Å². The van der Waals surface area contributed by atoms with E-state index in [1.807, 2.05) is 0 Å². The second-order valence-electron chi connectivity index (χ2n) is 5.53. The largest absolute Gasteiger partial charge is 0.387 e. The Balaban J connectivity index is 2.28. The zero-order chi connectivity index (χ0) is 14.0. The molecule has 0 heterocycles. The molecule has 0 spiro atoms. The third-order valence-electron chi connectivity index (χ3n) is 4.17. The fourth-order valence-electron chi connectivity index (χ4n) is 2.73. The third-order valence-corrected chi connectivity index (χ3v) is 4.46. The topological polar surface area (TPSA) is 44.0 Å². The first-order valence-electron chi connectivity index (χ1n) is 6.53. The van der Waals surface area contributed by atoms with Gasteiger partial charge in [-0.25, -0.2) is 4.39 Å². The minimum atomic E-state index is -0.914. The fraction of sp³-hybridized carbons (Fsp3) is 0.533. The molecule has 1 aromatic rings. The minimum absolute atomic E-state index is 0.0196. The summed E-state index contributed by atoms with van der Waals surface area (Å²) in [5, 5.41) is 19.9. The number of hydrogen-bond donors (Lipinski definition) is 1. The predicted octanol–water partition coefficient (Wildman–Crippen LogP) is 4.23. The van der Waals surface area contributed by atoms with Crippen molar-refractivity contribution in [3.8, 4) is 6.07 Å². The summed E-state index contributed by atoms with van der Waals surface area (Å²) in [6, 6.07) is 6.44. The van der Waals surface area contributed by atoms with E-state index in [4.69, 9.17) is 11.6 Å². The Kier molecular flexibility index (Phi) is 4.13. The molecule has 102 valence electrons. The van der Waals surface area contributed by atoms with Crippen LogP contribution in [0.4, 0.5) is 4.39 Å². The molecule has 1 atom stereocenters. The van der Waals surface area contributed by atoms with Gasteiger partial charge in [0, 0.05) is 0 Å². The van der Waals surface area contributed by atoms with E-state index in [1.165, 1.54) is 18.2 Å². The normalized spacial score (nSPS) is 28.7. The quantitative estimate of drug-likeness (QED) is 0.881. The Hall–Kier alpha value is -1.11. The first-order valence-corrected chi connectivity index (χ1v) is 6.90. The van der Waals surface area contributed by atoms with E-state index in [0.717, 1.165) is 12.8 Å². The van der Waals surface area contributed by atoms with Crippen LogP contribution < -0.4 is 0 Å². The number of halogens is 2. The van der Waals surface area contributed by atoms with Gasteiger partial charge in [-0.05, 0) is 49.3 Å². The molecule has 1 saturated carbocycles. The second-order valence-corrected chi connectivity index (χ2v) is 5.93. The summed E-state index contributed by atoms with van der Waals surface area (Å²) in [5.74, 6) is 0.0753. The maximum Gasteiger partial charge on any atom is 0.141 e. The highest BCUT2D eigenvalue weighted by atomic mass is 35.5. The summed E-state index contributed by atoms with van der Waals surface area (Å²) in [4.78, 5) is 0. The molecule has 1 unspecified atom stereocenters. The molecular formula is C15H17ClFNO. The summed E-state index contributed by atoms with van der Waals surface area (Å²) in [6.07, 6.45) is 2.28. The molecule has 1 aromatic carbocycles. The number of nitrogens with zero attached hydrogens (tertiary/aromatic N) is 1. The van der Waals surface area contributed by atoms with Crippen molar-refractivity contribution in [2.45, 2.75) is 38.7 Å². The van der Waals surface area contributed by atoms with Crippen LogP contribution in [-0.2, 0) is 0 Å². The first kappa shape index (κ1) is 14.3. The maximum absolute atomic E-state index is 13.2. The van der Waals surface area contributed by atoms with Crippen molar-refractivity contribution in [3.05, 3.63) is 34.6 Å². The van der Waals surface area contributed by atoms with Crippen molar-refractivity contribution in [1.29, 1.82) is 5.26 Å². The lowest BCUT2D eigenvalue weighted by Crippen LogP contribution is -2.32. The summed E-state index contributed by atoms with van der Waals surface area (Å²) in [6.45, 7) is 2.16. The SMILES string of the molecule is CC1CCC(C#N)(C(O)c2ccc(F)c(Cl)c2)CC1. The van der Waals surface area contributed by atoms with Gasteiger partial charge in [0.25, 0.3) is 0 Å². The number of nitriles is 1. The van der Waals surface area contributed by atoms with Crippen LogP contribution in [0.2, 0.25) is 5.02 Å². The molecule has 4 heteroatoms. The van der Waals surface area contributed by atoms with Gasteiger partial charge >= 0.3 is 0 Å². The Morgan fingerprint density at radius 2 is 2.11 bits per heavy atom. The minimum Gasteiger partial charge on any atom is -0.387 e. The van der Waals surface area contributed by atoms with Crippen LogP contribution in [0.5, 0.6) is 0 Å². The van der Waals surface area contributed by atoms with Crippen LogP contribution >= 0.6 is 11.6 Å². The van der Waals surface area contributed by atoms with Gasteiger partial charge in [0.05, 0.1) is 22.6 Å². The summed E-state index contributed by atoms with van der Waals surface area (Å²) >= 11 is 5.74. The Labute approximate surface area is 117 Å². The molecule has 0 saturated heterocycles. The van der Waals surface area contributed by atoms with Crippen molar-refractivity contribution in [1.82, 2.24) is 0 Å². The number of rotatable bonds is 2. The van der Waals surface area contributed by atoms with Gasteiger partial charge in [-0.1, -0.05) is 24.6 Å². The monoisotopic (exact) mass is 281 g/mol. The maximum atomic E-state index is 13.2. The molecule has 0 amide bonds. The van der Waals surface area contributed by atoms with Crippen LogP contribution in [-0.4, -0.2) is 5.11 Å². The zero-order valence-corrected chi connectivity index (χ0v) is 11.6. The second kappa shape index (κ2) is 5.48. The lowest BCUT2D eigenvalue weighted by molar-refractivity contribution is 0.0266. The molecule has 19 heavy (non-hydrogen) atoms. The van der Waals surface area contributed by atoms with Crippen molar-refractivity contribution in [3.63, 3.8) is 0 Å². The molecule has 1 aliphatic carbocycles. The fourth-order valence-corrected chi connectivity index (χ4v) is 2.91. The Morgan fingerprint density at radius 1 is 1.47 bits per heavy atom. The molecular weight excluding hydrogens is 265 g/mol. The molecule has 1 aliphatic rings. The summed E-state index contributed by atoms with van der Waals surface area (Å²) in [7, 11) is 0. The molecule has 1 fully saturated rings. The van der Waals surface area contributed by atoms with Crippen molar-refractivity contribution < 1.29 is 9.50 Å². The van der Waals surface area contributed by atoms with Gasteiger partial charge in [-0.3, -0.25) is 0 Å². The Bertz CT molecular complexity index is 503. The molecule has 2 nitrogen and oxygen atoms in total. The van der Waals surface area contributed by atoms with E-state index in [0.29, 0.717) is 24.3 Å². The Morgan fingerprint density at radius 3 is 2.63 bits per heavy atom. The van der Waals surface area contributed by atoms with E-state index in [-0.39, 0.29) is 5.02 Å². The van der Waals surface area contributed by atoms with E-state index < -0.39 is 17.3 Å². The number of aliphatic hydroxyl groups excluding tert-OH is 1. The van der Waals surface area contributed by atoms with E-state index in [9.17, 15) is 14.8 Å². The lowest BCUT2D eigenvalue weighted by atomic mass is 9.67. The van der Waals surface area contributed by atoms with Crippen LogP contribution in [0.1, 0.15) is 44.3 Å². The van der Waals surface area contributed by atoms with Crippen LogP contribution in [0.25, 0.3) is 0 Å². The predicted molar refractivity (Wildman–Crippen MR) is 72.0 cm³/mol. The van der Waals surface area contributed by atoms with E-state index >= 15 is 0 Å². The average Bonchev–Trinajstić information content (AvgIpc) is 2.42. The zero-order valence-electron chi connectivity index (χ0n) is 10.9. The third kappa shape index (κ3) is 2.75. The van der Waals surface area contributed by atoms with Gasteiger partial charge in [0.2, 0.25) is 0 Å². The van der Waals surface area contributed by atoms with Crippen LogP contribution in [0.15, 0.2) is 18.2 Å². The first-order chi connectivity index (χ1) is 8.98. The number of benzene rings is 1. The molecule has 0 aliphatic heterocycles. The molecule has 0 radical (unpaired) electrons. The van der Waals surface area contributed by atoms with Gasteiger partial charge in [0.1, 0.15) is 5.82 Å². The lowest BCUT2D eigenvalue weighted by Gasteiger charge is -2.37. The summed E-state index contributed by atoms with van der Waals surface area (Å²) < 4.78 is 13.2. The van der Waals surface area contributed by atoms with E-state index in [2.05, 4.69) is 13.0 Å². The highest BCUT2D eigenvalue weighted by Gasteiger charge is 2.41.